The predicted molar refractivity (Wildman–Crippen MR) is 75.1 cm³/mol. The summed E-state index contributed by atoms with van der Waals surface area (Å²) in [7, 11) is 0. The Bertz CT molecular complexity index is 568. The number of ether oxygens (including phenoxy) is 1. The zero-order chi connectivity index (χ0) is 12.4. The zero-order valence-corrected chi connectivity index (χ0v) is 11.6. The summed E-state index contributed by atoms with van der Waals surface area (Å²) in [5, 5.41) is 0. The van der Waals surface area contributed by atoms with E-state index in [2.05, 4.69) is 33.0 Å². The Kier molecular flexibility index (Phi) is 3.33. The Morgan fingerprint density at radius 2 is 1.83 bits per heavy atom. The van der Waals surface area contributed by atoms with Crippen LogP contribution in [0.2, 0.25) is 0 Å². The van der Waals surface area contributed by atoms with Crippen molar-refractivity contribution >= 4 is 15.9 Å². The van der Waals surface area contributed by atoms with Crippen LogP contribution < -0.4 is 4.74 Å². The minimum absolute atomic E-state index is 0.625. The molecule has 0 atom stereocenters. The van der Waals surface area contributed by atoms with Crippen LogP contribution in [0, 0.1) is 0 Å². The van der Waals surface area contributed by atoms with Crippen molar-refractivity contribution in [2.75, 3.05) is 0 Å². The number of hydrogen-bond acceptors (Lipinski definition) is 2. The molecule has 1 aromatic carbocycles. The van der Waals surface area contributed by atoms with Gasteiger partial charge in [-0.05, 0) is 70.9 Å². The van der Waals surface area contributed by atoms with E-state index in [0.717, 1.165) is 10.4 Å². The molecule has 3 rings (SSSR count). The van der Waals surface area contributed by atoms with Crippen molar-refractivity contribution in [3.63, 3.8) is 0 Å². The van der Waals surface area contributed by atoms with Crippen LogP contribution in [0.25, 0.3) is 0 Å². The molecule has 0 N–H and O–H groups in total. The normalized spacial score (nSPS) is 14.1. The minimum atomic E-state index is 0.625. The summed E-state index contributed by atoms with van der Waals surface area (Å²) in [6, 6.07) is 12.0. The molecule has 0 saturated carbocycles. The largest absolute Gasteiger partial charge is 0.439 e. The quantitative estimate of drug-likeness (QED) is 0.761. The molecule has 0 spiro atoms. The Labute approximate surface area is 115 Å². The van der Waals surface area contributed by atoms with E-state index in [1.165, 1.54) is 36.8 Å². The first kappa shape index (κ1) is 11.7. The van der Waals surface area contributed by atoms with Crippen LogP contribution in [0.5, 0.6) is 11.6 Å². The smallest absolute Gasteiger partial charge is 0.220 e. The highest BCUT2D eigenvalue weighted by Crippen LogP contribution is 2.28. The van der Waals surface area contributed by atoms with Crippen molar-refractivity contribution in [1.82, 2.24) is 4.98 Å². The van der Waals surface area contributed by atoms with Crippen molar-refractivity contribution < 1.29 is 4.74 Å². The lowest BCUT2D eigenvalue weighted by atomic mass is 9.92. The van der Waals surface area contributed by atoms with Gasteiger partial charge in [0.1, 0.15) is 10.4 Å². The van der Waals surface area contributed by atoms with Gasteiger partial charge in [0.2, 0.25) is 5.88 Å². The number of halogens is 1. The van der Waals surface area contributed by atoms with Gasteiger partial charge in [-0.25, -0.2) is 4.98 Å². The van der Waals surface area contributed by atoms with Crippen molar-refractivity contribution in [3.8, 4) is 11.6 Å². The van der Waals surface area contributed by atoms with Gasteiger partial charge in [0, 0.05) is 6.07 Å². The summed E-state index contributed by atoms with van der Waals surface area (Å²) in [6.45, 7) is 0. The average molecular weight is 304 g/mol. The molecule has 18 heavy (non-hydrogen) atoms. The molecule has 3 heteroatoms. The highest BCUT2D eigenvalue weighted by atomic mass is 79.9. The van der Waals surface area contributed by atoms with Gasteiger partial charge in [0.15, 0.2) is 0 Å². The fourth-order valence-electron chi connectivity index (χ4n) is 2.34. The van der Waals surface area contributed by atoms with Crippen molar-refractivity contribution in [2.45, 2.75) is 25.7 Å². The van der Waals surface area contributed by atoms with Crippen molar-refractivity contribution in [2.24, 2.45) is 0 Å². The third kappa shape index (κ3) is 2.56. The standard InChI is InChI=1S/C15H14BrNO/c16-14-6-3-7-15(17-14)18-13-9-8-11-4-1-2-5-12(11)10-13/h3,6-10H,1-2,4-5H2. The molecule has 0 aliphatic heterocycles. The Morgan fingerprint density at radius 3 is 2.67 bits per heavy atom. The molecule has 0 saturated heterocycles. The average Bonchev–Trinajstić information content (AvgIpc) is 2.39. The van der Waals surface area contributed by atoms with Gasteiger partial charge < -0.3 is 4.74 Å². The van der Waals surface area contributed by atoms with Crippen LogP contribution >= 0.6 is 15.9 Å². The molecular formula is C15H14BrNO. The van der Waals surface area contributed by atoms with E-state index in [0.29, 0.717) is 5.88 Å². The van der Waals surface area contributed by atoms with Gasteiger partial charge in [-0.1, -0.05) is 12.1 Å². The van der Waals surface area contributed by atoms with E-state index < -0.39 is 0 Å². The SMILES string of the molecule is Brc1cccc(Oc2ccc3c(c2)CCCC3)n1. The summed E-state index contributed by atoms with van der Waals surface area (Å²) in [5.74, 6) is 1.50. The van der Waals surface area contributed by atoms with E-state index in [-0.39, 0.29) is 0 Å². The first-order valence-electron chi connectivity index (χ1n) is 6.23. The molecule has 2 aromatic rings. The lowest BCUT2D eigenvalue weighted by molar-refractivity contribution is 0.460. The van der Waals surface area contributed by atoms with Crippen molar-refractivity contribution in [3.05, 3.63) is 52.1 Å². The number of nitrogens with zero attached hydrogens (tertiary/aromatic N) is 1. The molecule has 1 aliphatic carbocycles. The number of rotatable bonds is 2. The molecule has 0 radical (unpaired) electrons. The maximum atomic E-state index is 5.78. The summed E-state index contributed by atoms with van der Waals surface area (Å²) in [4.78, 5) is 4.27. The second kappa shape index (κ2) is 5.11. The maximum Gasteiger partial charge on any atom is 0.220 e. The second-order valence-corrected chi connectivity index (χ2v) is 5.35. The van der Waals surface area contributed by atoms with Crippen LogP contribution in [-0.4, -0.2) is 4.98 Å². The van der Waals surface area contributed by atoms with Crippen LogP contribution in [-0.2, 0) is 12.8 Å². The topological polar surface area (TPSA) is 22.1 Å². The molecular weight excluding hydrogens is 290 g/mol. The Morgan fingerprint density at radius 1 is 1.00 bits per heavy atom. The third-order valence-corrected chi connectivity index (χ3v) is 3.67. The molecule has 92 valence electrons. The van der Waals surface area contributed by atoms with Crippen molar-refractivity contribution in [1.29, 1.82) is 0 Å². The molecule has 1 aromatic heterocycles. The fourth-order valence-corrected chi connectivity index (χ4v) is 2.67. The van der Waals surface area contributed by atoms with Gasteiger partial charge in [0.05, 0.1) is 0 Å². The summed E-state index contributed by atoms with van der Waals surface area (Å²) in [6.07, 6.45) is 4.95. The van der Waals surface area contributed by atoms with Crippen LogP contribution in [0.15, 0.2) is 41.0 Å². The van der Waals surface area contributed by atoms with Gasteiger partial charge in [-0.15, -0.1) is 0 Å². The molecule has 1 heterocycles. The summed E-state index contributed by atoms with van der Waals surface area (Å²) in [5.41, 5.74) is 2.89. The first-order chi connectivity index (χ1) is 8.81. The third-order valence-electron chi connectivity index (χ3n) is 3.23. The highest BCUT2D eigenvalue weighted by molar-refractivity contribution is 9.10. The maximum absolute atomic E-state index is 5.78. The lowest BCUT2D eigenvalue weighted by Gasteiger charge is -2.16. The molecule has 2 nitrogen and oxygen atoms in total. The molecule has 0 unspecified atom stereocenters. The van der Waals surface area contributed by atoms with Gasteiger partial charge in [-0.2, -0.15) is 0 Å². The van der Waals surface area contributed by atoms with E-state index in [1.54, 1.807) is 0 Å². The number of fused-ring (bicyclic) bond motifs is 1. The number of hydrogen-bond donors (Lipinski definition) is 0. The van der Waals surface area contributed by atoms with Crippen LogP contribution in [0.4, 0.5) is 0 Å². The predicted octanol–water partition coefficient (Wildman–Crippen LogP) is 4.52. The van der Waals surface area contributed by atoms with Gasteiger partial charge in [-0.3, -0.25) is 0 Å². The van der Waals surface area contributed by atoms with E-state index >= 15 is 0 Å². The second-order valence-electron chi connectivity index (χ2n) is 4.54. The Hall–Kier alpha value is -1.35. The number of benzene rings is 1. The monoisotopic (exact) mass is 303 g/mol. The number of aromatic nitrogens is 1. The van der Waals surface area contributed by atoms with Crippen LogP contribution in [0.1, 0.15) is 24.0 Å². The van der Waals surface area contributed by atoms with E-state index in [1.807, 2.05) is 24.3 Å². The van der Waals surface area contributed by atoms with E-state index in [4.69, 9.17) is 4.74 Å². The Balaban J connectivity index is 1.85. The number of pyridine rings is 1. The minimum Gasteiger partial charge on any atom is -0.439 e. The first-order valence-corrected chi connectivity index (χ1v) is 7.03. The lowest BCUT2D eigenvalue weighted by Crippen LogP contribution is -2.02. The molecule has 0 amide bonds. The molecule has 0 bridgehead atoms. The highest BCUT2D eigenvalue weighted by Gasteiger charge is 2.10. The molecule has 1 aliphatic rings. The summed E-state index contributed by atoms with van der Waals surface area (Å²) >= 11 is 3.34. The van der Waals surface area contributed by atoms with Gasteiger partial charge in [0.25, 0.3) is 0 Å². The van der Waals surface area contributed by atoms with Gasteiger partial charge >= 0.3 is 0 Å². The van der Waals surface area contributed by atoms with E-state index in [9.17, 15) is 0 Å². The zero-order valence-electron chi connectivity index (χ0n) is 10.0. The van der Waals surface area contributed by atoms with Crippen LogP contribution in [0.3, 0.4) is 0 Å². The number of aryl methyl sites for hydroxylation is 2. The molecule has 0 fully saturated rings. The fraction of sp³-hybridized carbons (Fsp3) is 0.267. The summed E-state index contributed by atoms with van der Waals surface area (Å²) < 4.78 is 6.57.